The van der Waals surface area contributed by atoms with Crippen LogP contribution in [0.25, 0.3) is 6.08 Å². The van der Waals surface area contributed by atoms with Crippen molar-refractivity contribution in [2.45, 2.75) is 25.3 Å². The number of carboxylic acid groups (broad SMARTS) is 1. The first-order chi connectivity index (χ1) is 9.08. The van der Waals surface area contributed by atoms with Crippen molar-refractivity contribution in [2.24, 2.45) is 0 Å². The van der Waals surface area contributed by atoms with Crippen LogP contribution in [0.4, 0.5) is 0 Å². The molecule has 0 radical (unpaired) electrons. The van der Waals surface area contributed by atoms with E-state index in [1.165, 1.54) is 22.3 Å². The third kappa shape index (κ3) is 3.58. The van der Waals surface area contributed by atoms with E-state index < -0.39 is 12.0 Å². The number of carbonyl (C=O) groups excluding carboxylic acids is 1. The maximum absolute atomic E-state index is 12.0. The Labute approximate surface area is 120 Å². The number of piperidine rings is 1. The number of halogens is 1. The van der Waals surface area contributed by atoms with E-state index in [1.807, 2.05) is 6.07 Å². The molecule has 1 amide bonds. The van der Waals surface area contributed by atoms with Crippen LogP contribution in [0.2, 0.25) is 4.34 Å². The average Bonchev–Trinajstić information content (AvgIpc) is 2.81. The second-order valence-corrected chi connectivity index (χ2v) is 6.10. The molecule has 19 heavy (non-hydrogen) atoms. The molecule has 0 aromatic carbocycles. The van der Waals surface area contributed by atoms with Gasteiger partial charge in [0, 0.05) is 17.5 Å². The zero-order valence-corrected chi connectivity index (χ0v) is 11.8. The number of likely N-dealkylation sites (tertiary alicyclic amines) is 1. The predicted octanol–water partition coefficient (Wildman–Crippen LogP) is 2.88. The molecule has 1 aromatic heterocycles. The number of nitrogens with zero attached hydrogens (tertiary/aromatic N) is 1. The van der Waals surface area contributed by atoms with Crippen molar-refractivity contribution in [1.29, 1.82) is 0 Å². The number of hydrogen-bond donors (Lipinski definition) is 1. The topological polar surface area (TPSA) is 57.6 Å². The minimum atomic E-state index is -0.930. The number of carboxylic acids is 1. The van der Waals surface area contributed by atoms with Crippen LogP contribution in [0.5, 0.6) is 0 Å². The summed E-state index contributed by atoms with van der Waals surface area (Å²) < 4.78 is 0.661. The Balaban J connectivity index is 2.05. The zero-order chi connectivity index (χ0) is 13.8. The molecule has 1 N–H and O–H groups in total. The Morgan fingerprint density at radius 2 is 2.21 bits per heavy atom. The fourth-order valence-electron chi connectivity index (χ4n) is 2.12. The summed E-state index contributed by atoms with van der Waals surface area (Å²) in [5, 5.41) is 9.11. The summed E-state index contributed by atoms with van der Waals surface area (Å²) >= 11 is 7.18. The van der Waals surface area contributed by atoms with E-state index in [9.17, 15) is 9.59 Å². The van der Waals surface area contributed by atoms with Crippen LogP contribution in [0.15, 0.2) is 18.2 Å². The van der Waals surface area contributed by atoms with Gasteiger partial charge in [0.2, 0.25) is 5.91 Å². The molecule has 1 aromatic rings. The summed E-state index contributed by atoms with van der Waals surface area (Å²) in [6.07, 6.45) is 5.33. The summed E-state index contributed by atoms with van der Waals surface area (Å²) in [6.45, 7) is 0.505. The van der Waals surface area contributed by atoms with Gasteiger partial charge < -0.3 is 10.0 Å². The lowest BCUT2D eigenvalue weighted by Gasteiger charge is -2.32. The molecule has 0 saturated carbocycles. The zero-order valence-electron chi connectivity index (χ0n) is 10.2. The fraction of sp³-hybridized carbons (Fsp3) is 0.385. The Bertz CT molecular complexity index is 512. The Morgan fingerprint density at radius 3 is 2.84 bits per heavy atom. The number of rotatable bonds is 3. The molecule has 0 aliphatic carbocycles. The summed E-state index contributed by atoms with van der Waals surface area (Å²) in [5.74, 6) is -1.18. The normalized spacial score (nSPS) is 19.8. The highest BCUT2D eigenvalue weighted by atomic mass is 35.5. The lowest BCUT2D eigenvalue weighted by atomic mass is 10.0. The maximum Gasteiger partial charge on any atom is 0.326 e. The molecular formula is C13H14ClNO3S. The van der Waals surface area contributed by atoms with E-state index in [2.05, 4.69) is 0 Å². The van der Waals surface area contributed by atoms with Crippen molar-refractivity contribution in [1.82, 2.24) is 4.90 Å². The molecule has 6 heteroatoms. The van der Waals surface area contributed by atoms with Crippen molar-refractivity contribution in [3.63, 3.8) is 0 Å². The molecule has 1 atom stereocenters. The first-order valence-corrected chi connectivity index (χ1v) is 7.24. The van der Waals surface area contributed by atoms with E-state index in [4.69, 9.17) is 16.7 Å². The van der Waals surface area contributed by atoms with Gasteiger partial charge in [-0.2, -0.15) is 0 Å². The van der Waals surface area contributed by atoms with Gasteiger partial charge in [-0.1, -0.05) is 11.6 Å². The van der Waals surface area contributed by atoms with Gasteiger partial charge in [-0.05, 0) is 37.5 Å². The molecule has 0 unspecified atom stereocenters. The number of carbonyl (C=O) groups is 2. The van der Waals surface area contributed by atoms with Gasteiger partial charge >= 0.3 is 5.97 Å². The highest BCUT2D eigenvalue weighted by Gasteiger charge is 2.30. The van der Waals surface area contributed by atoms with E-state index >= 15 is 0 Å². The third-order valence-corrected chi connectivity index (χ3v) is 4.25. The van der Waals surface area contributed by atoms with Gasteiger partial charge in [-0.15, -0.1) is 11.3 Å². The average molecular weight is 300 g/mol. The highest BCUT2D eigenvalue weighted by molar-refractivity contribution is 7.17. The molecule has 1 fully saturated rings. The summed E-state index contributed by atoms with van der Waals surface area (Å²) in [6, 6.07) is 2.89. The highest BCUT2D eigenvalue weighted by Crippen LogP contribution is 2.23. The molecule has 0 spiro atoms. The minimum Gasteiger partial charge on any atom is -0.480 e. The van der Waals surface area contributed by atoms with Gasteiger partial charge in [0.15, 0.2) is 0 Å². The van der Waals surface area contributed by atoms with E-state index in [1.54, 1.807) is 12.1 Å². The fourth-order valence-corrected chi connectivity index (χ4v) is 3.08. The molecule has 1 saturated heterocycles. The first-order valence-electron chi connectivity index (χ1n) is 6.05. The van der Waals surface area contributed by atoms with Crippen molar-refractivity contribution < 1.29 is 14.7 Å². The number of hydrogen-bond acceptors (Lipinski definition) is 3. The van der Waals surface area contributed by atoms with Crippen molar-refractivity contribution in [3.05, 3.63) is 27.4 Å². The number of thiophene rings is 1. The lowest BCUT2D eigenvalue weighted by Crippen LogP contribution is -2.47. The monoisotopic (exact) mass is 299 g/mol. The molecule has 2 rings (SSSR count). The van der Waals surface area contributed by atoms with Crippen LogP contribution in [0.3, 0.4) is 0 Å². The van der Waals surface area contributed by atoms with Crippen molar-refractivity contribution in [3.8, 4) is 0 Å². The van der Waals surface area contributed by atoms with Crippen molar-refractivity contribution in [2.75, 3.05) is 6.54 Å². The van der Waals surface area contributed by atoms with Crippen LogP contribution in [-0.4, -0.2) is 34.5 Å². The van der Waals surface area contributed by atoms with Crippen LogP contribution in [-0.2, 0) is 9.59 Å². The summed E-state index contributed by atoms with van der Waals surface area (Å²) in [5.41, 5.74) is 0. The van der Waals surface area contributed by atoms with Crippen LogP contribution in [0.1, 0.15) is 24.1 Å². The van der Waals surface area contributed by atoms with Gasteiger partial charge in [-0.3, -0.25) is 4.79 Å². The lowest BCUT2D eigenvalue weighted by molar-refractivity contribution is -0.150. The van der Waals surface area contributed by atoms with Crippen LogP contribution < -0.4 is 0 Å². The second kappa shape index (κ2) is 6.21. The quantitative estimate of drug-likeness (QED) is 0.873. The van der Waals surface area contributed by atoms with Gasteiger partial charge in [0.1, 0.15) is 6.04 Å². The number of aliphatic carboxylic acids is 1. The predicted molar refractivity (Wildman–Crippen MR) is 75.4 cm³/mol. The third-order valence-electron chi connectivity index (χ3n) is 3.06. The Kier molecular flexibility index (Phi) is 4.61. The van der Waals surface area contributed by atoms with Crippen LogP contribution >= 0.6 is 22.9 Å². The molecule has 0 bridgehead atoms. The van der Waals surface area contributed by atoms with Crippen LogP contribution in [0, 0.1) is 0 Å². The second-order valence-electron chi connectivity index (χ2n) is 4.36. The molecule has 4 nitrogen and oxygen atoms in total. The summed E-state index contributed by atoms with van der Waals surface area (Å²) in [7, 11) is 0. The SMILES string of the molecule is O=C(O)[C@H]1CCCCN1C(=O)C=Cc1ccc(Cl)s1. The Morgan fingerprint density at radius 1 is 1.42 bits per heavy atom. The van der Waals surface area contributed by atoms with Gasteiger partial charge in [0.25, 0.3) is 0 Å². The number of amides is 1. The van der Waals surface area contributed by atoms with Gasteiger partial charge in [0.05, 0.1) is 4.34 Å². The van der Waals surface area contributed by atoms with E-state index in [-0.39, 0.29) is 5.91 Å². The van der Waals surface area contributed by atoms with Crippen molar-refractivity contribution >= 4 is 40.9 Å². The molecule has 2 heterocycles. The molecule has 1 aliphatic rings. The van der Waals surface area contributed by atoms with Gasteiger partial charge in [-0.25, -0.2) is 4.79 Å². The Hall–Kier alpha value is -1.33. The van der Waals surface area contributed by atoms with E-state index in [0.717, 1.165) is 17.7 Å². The first kappa shape index (κ1) is 14.1. The minimum absolute atomic E-state index is 0.253. The summed E-state index contributed by atoms with van der Waals surface area (Å²) in [4.78, 5) is 25.5. The standard InChI is InChI=1S/C13H14ClNO3S/c14-11-6-4-9(19-11)5-7-12(16)15-8-2-1-3-10(15)13(17)18/h4-7,10H,1-3,8H2,(H,17,18)/t10-/m1/s1. The molecule has 1 aliphatic heterocycles. The smallest absolute Gasteiger partial charge is 0.326 e. The molecule has 102 valence electrons. The molecular weight excluding hydrogens is 286 g/mol. The van der Waals surface area contributed by atoms with E-state index in [0.29, 0.717) is 17.3 Å². The largest absolute Gasteiger partial charge is 0.480 e. The maximum atomic E-state index is 12.0.